The van der Waals surface area contributed by atoms with Crippen molar-refractivity contribution in [3.05, 3.63) is 34.3 Å². The number of hydrogen-bond acceptors (Lipinski definition) is 1. The Morgan fingerprint density at radius 2 is 1.18 bits per heavy atom. The van der Waals surface area contributed by atoms with Gasteiger partial charge in [-0.15, -0.1) is 0 Å². The Bertz CT molecular complexity index is 523. The molecule has 1 nitrogen and oxygen atoms in total. The molecule has 22 heavy (non-hydrogen) atoms. The topological polar surface area (TPSA) is 20.2 Å². The van der Waals surface area contributed by atoms with Crippen LogP contribution in [0.5, 0.6) is 0 Å². The van der Waals surface area contributed by atoms with Crippen molar-refractivity contribution in [1.29, 1.82) is 0 Å². The number of benzene rings is 1. The summed E-state index contributed by atoms with van der Waals surface area (Å²) < 4.78 is 114. The fourth-order valence-electron chi connectivity index (χ4n) is 1.41. The van der Waals surface area contributed by atoms with Gasteiger partial charge in [0, 0.05) is 4.47 Å². The molecule has 1 unspecified atom stereocenters. The van der Waals surface area contributed by atoms with Crippen LogP contribution in [0, 0.1) is 0 Å². The van der Waals surface area contributed by atoms with Crippen LogP contribution < -0.4 is 0 Å². The molecule has 0 bridgehead atoms. The van der Waals surface area contributed by atoms with Crippen LogP contribution in [0.15, 0.2) is 28.7 Å². The van der Waals surface area contributed by atoms with Gasteiger partial charge in [0.2, 0.25) is 0 Å². The second kappa shape index (κ2) is 5.59. The highest BCUT2D eigenvalue weighted by molar-refractivity contribution is 9.10. The molecule has 1 atom stereocenters. The molecular formula is C11H6BrF9O. The van der Waals surface area contributed by atoms with E-state index >= 15 is 0 Å². The van der Waals surface area contributed by atoms with Gasteiger partial charge >= 0.3 is 23.9 Å². The molecule has 11 heteroatoms. The van der Waals surface area contributed by atoms with Crippen molar-refractivity contribution in [1.82, 2.24) is 0 Å². The van der Waals surface area contributed by atoms with E-state index in [4.69, 9.17) is 5.11 Å². The molecule has 0 aromatic heterocycles. The summed E-state index contributed by atoms with van der Waals surface area (Å²) in [6.45, 7) is 0. The van der Waals surface area contributed by atoms with Crippen LogP contribution >= 0.6 is 15.9 Å². The van der Waals surface area contributed by atoms with E-state index < -0.39 is 35.6 Å². The quantitative estimate of drug-likeness (QED) is 0.704. The fourth-order valence-corrected chi connectivity index (χ4v) is 1.68. The summed E-state index contributed by atoms with van der Waals surface area (Å²) in [5.74, 6) is -20.0. The number of alkyl halides is 9. The molecule has 1 aromatic rings. The first-order valence-electron chi connectivity index (χ1n) is 5.30. The summed E-state index contributed by atoms with van der Waals surface area (Å²) in [4.78, 5) is 0. The lowest BCUT2D eigenvalue weighted by atomic mass is 9.94. The van der Waals surface area contributed by atoms with Gasteiger partial charge in [-0.3, -0.25) is 0 Å². The predicted molar refractivity (Wildman–Crippen MR) is 60.0 cm³/mol. The lowest BCUT2D eigenvalue weighted by Crippen LogP contribution is -2.62. The zero-order chi connectivity index (χ0) is 17.6. The third-order valence-electron chi connectivity index (χ3n) is 2.70. The second-order valence-electron chi connectivity index (χ2n) is 4.22. The van der Waals surface area contributed by atoms with Crippen molar-refractivity contribution in [3.8, 4) is 0 Å². The standard InChI is InChI=1S/C11H6BrF9O/c12-6-3-1-5(2-4-6)7(22)8(13,14)9(15,16)10(17,18)11(19,20)21/h1-4,7,22H. The lowest BCUT2D eigenvalue weighted by Gasteiger charge is -2.35. The van der Waals surface area contributed by atoms with E-state index in [2.05, 4.69) is 15.9 Å². The van der Waals surface area contributed by atoms with Gasteiger partial charge in [-0.25, -0.2) is 0 Å². The molecule has 0 saturated heterocycles. The van der Waals surface area contributed by atoms with Crippen molar-refractivity contribution < 1.29 is 44.6 Å². The first kappa shape index (κ1) is 19.1. The van der Waals surface area contributed by atoms with E-state index in [0.717, 1.165) is 12.1 Å². The molecular weight excluding hydrogens is 399 g/mol. The van der Waals surface area contributed by atoms with Crippen molar-refractivity contribution >= 4 is 15.9 Å². The van der Waals surface area contributed by atoms with Gasteiger partial charge in [-0.2, -0.15) is 39.5 Å². The minimum absolute atomic E-state index is 0.277. The molecule has 0 spiro atoms. The van der Waals surface area contributed by atoms with Crippen molar-refractivity contribution in [2.45, 2.75) is 30.0 Å². The van der Waals surface area contributed by atoms with Crippen molar-refractivity contribution in [2.75, 3.05) is 0 Å². The molecule has 1 rings (SSSR count). The Balaban J connectivity index is 3.29. The number of rotatable bonds is 4. The Morgan fingerprint density at radius 3 is 1.55 bits per heavy atom. The van der Waals surface area contributed by atoms with Crippen LogP contribution in [0.1, 0.15) is 11.7 Å². The van der Waals surface area contributed by atoms with Crippen LogP contribution in [-0.4, -0.2) is 29.1 Å². The van der Waals surface area contributed by atoms with Crippen LogP contribution in [0.3, 0.4) is 0 Å². The van der Waals surface area contributed by atoms with Crippen molar-refractivity contribution in [3.63, 3.8) is 0 Å². The minimum atomic E-state index is -7.03. The van der Waals surface area contributed by atoms with Gasteiger partial charge in [0.15, 0.2) is 0 Å². The molecule has 0 aliphatic carbocycles. The maximum absolute atomic E-state index is 13.4. The molecule has 0 aliphatic heterocycles. The largest absolute Gasteiger partial charge is 0.460 e. The molecule has 0 radical (unpaired) electrons. The third kappa shape index (κ3) is 2.92. The van der Waals surface area contributed by atoms with Gasteiger partial charge in [0.25, 0.3) is 0 Å². The first-order valence-corrected chi connectivity index (χ1v) is 6.09. The van der Waals surface area contributed by atoms with Crippen molar-refractivity contribution in [2.24, 2.45) is 0 Å². The average Bonchev–Trinajstić information content (AvgIpc) is 2.37. The summed E-state index contributed by atoms with van der Waals surface area (Å²) in [7, 11) is 0. The van der Waals surface area contributed by atoms with Gasteiger partial charge in [0.05, 0.1) is 0 Å². The maximum Gasteiger partial charge on any atom is 0.460 e. The smallest absolute Gasteiger partial charge is 0.382 e. The van der Waals surface area contributed by atoms with Gasteiger partial charge in [0.1, 0.15) is 6.10 Å². The van der Waals surface area contributed by atoms with E-state index in [-0.39, 0.29) is 4.47 Å². The average molecular weight is 405 g/mol. The number of aliphatic hydroxyl groups excluding tert-OH is 1. The van der Waals surface area contributed by atoms with Gasteiger partial charge < -0.3 is 5.11 Å². The summed E-state index contributed by atoms with van der Waals surface area (Å²) >= 11 is 2.86. The van der Waals surface area contributed by atoms with Crippen LogP contribution in [0.4, 0.5) is 39.5 Å². The van der Waals surface area contributed by atoms with Crippen LogP contribution in [-0.2, 0) is 0 Å². The zero-order valence-corrected chi connectivity index (χ0v) is 11.7. The normalized spacial score (nSPS) is 15.8. The molecule has 0 aliphatic rings. The highest BCUT2D eigenvalue weighted by Crippen LogP contribution is 2.56. The highest BCUT2D eigenvalue weighted by Gasteiger charge is 2.83. The Kier molecular flexibility index (Phi) is 4.85. The molecule has 0 saturated carbocycles. The summed E-state index contributed by atoms with van der Waals surface area (Å²) in [5, 5.41) is 9.16. The van der Waals surface area contributed by atoms with Crippen LogP contribution in [0.25, 0.3) is 0 Å². The Labute approximate surface area is 125 Å². The summed E-state index contributed by atoms with van der Waals surface area (Å²) in [5.41, 5.74) is -0.953. The minimum Gasteiger partial charge on any atom is -0.382 e. The third-order valence-corrected chi connectivity index (χ3v) is 3.23. The first-order chi connectivity index (χ1) is 9.66. The summed E-state index contributed by atoms with van der Waals surface area (Å²) in [6.07, 6.45) is -10.5. The number of aliphatic hydroxyl groups is 1. The SMILES string of the molecule is OC(c1ccc(Br)cc1)C(F)(F)C(F)(F)C(F)(F)C(F)(F)F. The predicted octanol–water partition coefficient (Wildman–Crippen LogP) is 4.95. The molecule has 0 amide bonds. The highest BCUT2D eigenvalue weighted by atomic mass is 79.9. The zero-order valence-electron chi connectivity index (χ0n) is 10.1. The van der Waals surface area contributed by atoms with E-state index in [1.165, 1.54) is 0 Å². The van der Waals surface area contributed by atoms with Crippen LogP contribution in [0.2, 0.25) is 0 Å². The maximum atomic E-state index is 13.4. The van der Waals surface area contributed by atoms with E-state index in [1.54, 1.807) is 0 Å². The monoisotopic (exact) mass is 404 g/mol. The molecule has 0 heterocycles. The van der Waals surface area contributed by atoms with Gasteiger partial charge in [-0.05, 0) is 17.7 Å². The lowest BCUT2D eigenvalue weighted by molar-refractivity contribution is -0.406. The Morgan fingerprint density at radius 1 is 0.773 bits per heavy atom. The number of hydrogen-bond donors (Lipinski definition) is 1. The summed E-state index contributed by atoms with van der Waals surface area (Å²) in [6, 6.07) is 3.36. The van der Waals surface area contributed by atoms with E-state index in [1.807, 2.05) is 0 Å². The molecule has 0 fully saturated rings. The fraction of sp³-hybridized carbons (Fsp3) is 0.455. The van der Waals surface area contributed by atoms with E-state index in [9.17, 15) is 39.5 Å². The molecule has 1 aromatic carbocycles. The van der Waals surface area contributed by atoms with Gasteiger partial charge in [-0.1, -0.05) is 28.1 Å². The van der Waals surface area contributed by atoms with E-state index in [0.29, 0.717) is 12.1 Å². The molecule has 1 N–H and O–H groups in total. The Hall–Kier alpha value is -0.970. The number of halogens is 10. The second-order valence-corrected chi connectivity index (χ2v) is 5.14. The molecule has 126 valence electrons.